The summed E-state index contributed by atoms with van der Waals surface area (Å²) < 4.78 is 41.5. The summed E-state index contributed by atoms with van der Waals surface area (Å²) in [6, 6.07) is 11.8. The molecule has 2 aliphatic rings. The van der Waals surface area contributed by atoms with Crippen LogP contribution in [0.15, 0.2) is 47.0 Å². The normalized spacial score (nSPS) is 16.6. The standard InChI is InChI=1S/C41H55NO8Si/c1-26(2)51(27(3)4,28(5)6)40-42-24-36(50-40)39(43)38-33(17-18-35-34(38)19-20-41(35)48-21-22-49-41)29(7)11-14-32(23-37(45-9)46-10)47-25-30-12-15-31(44-8)16-13-30/h12-13,15-18,24,26-29,32,37H,19-23,25H2,1-10H3. The lowest BCUT2D eigenvalue weighted by Crippen LogP contribution is -2.56. The Morgan fingerprint density at radius 3 is 2.14 bits per heavy atom. The van der Waals surface area contributed by atoms with Gasteiger partial charge < -0.3 is 32.8 Å². The van der Waals surface area contributed by atoms with Gasteiger partial charge >= 0.3 is 0 Å². The van der Waals surface area contributed by atoms with Crippen molar-refractivity contribution in [2.45, 2.75) is 115 Å². The van der Waals surface area contributed by atoms with E-state index in [-0.39, 0.29) is 17.5 Å². The minimum Gasteiger partial charge on any atom is -0.497 e. The molecule has 2 aromatic carbocycles. The highest BCUT2D eigenvalue weighted by Crippen LogP contribution is 2.47. The minimum absolute atomic E-state index is 0.186. The number of hydrogen-bond donors (Lipinski definition) is 0. The summed E-state index contributed by atoms with van der Waals surface area (Å²) in [6.07, 6.45) is 2.35. The lowest BCUT2D eigenvalue weighted by atomic mass is 9.87. The number of aromatic nitrogens is 1. The van der Waals surface area contributed by atoms with Crippen molar-refractivity contribution in [3.63, 3.8) is 0 Å². The molecule has 0 saturated carbocycles. The predicted molar refractivity (Wildman–Crippen MR) is 199 cm³/mol. The van der Waals surface area contributed by atoms with E-state index >= 15 is 0 Å². The van der Waals surface area contributed by atoms with Crippen LogP contribution in [-0.4, -0.2) is 65.8 Å². The smallest absolute Gasteiger partial charge is 0.230 e. The van der Waals surface area contributed by atoms with E-state index < -0.39 is 26.3 Å². The van der Waals surface area contributed by atoms with Crippen LogP contribution >= 0.6 is 0 Å². The summed E-state index contributed by atoms with van der Waals surface area (Å²) >= 11 is 0. The molecular weight excluding hydrogens is 663 g/mol. The second-order valence-corrected chi connectivity index (χ2v) is 20.3. The maximum Gasteiger partial charge on any atom is 0.230 e. The van der Waals surface area contributed by atoms with Crippen molar-refractivity contribution in [1.29, 1.82) is 0 Å². The number of fused-ring (bicyclic) bond motifs is 2. The quantitative estimate of drug-likeness (QED) is 0.0680. The number of oxazole rings is 1. The van der Waals surface area contributed by atoms with Crippen molar-refractivity contribution in [3.05, 3.63) is 76.2 Å². The van der Waals surface area contributed by atoms with Gasteiger partial charge in [0, 0.05) is 44.1 Å². The predicted octanol–water partition coefficient (Wildman–Crippen LogP) is 7.65. The Kier molecular flexibility index (Phi) is 12.6. The summed E-state index contributed by atoms with van der Waals surface area (Å²) in [4.78, 5) is 19.6. The molecule has 10 heteroatoms. The molecule has 0 radical (unpaired) electrons. The molecular formula is C41H55NO8Si. The minimum atomic E-state index is -2.23. The summed E-state index contributed by atoms with van der Waals surface area (Å²) in [5, 5.41) is 0. The molecule has 1 spiro atoms. The van der Waals surface area contributed by atoms with Crippen LogP contribution in [0.2, 0.25) is 16.6 Å². The van der Waals surface area contributed by atoms with Gasteiger partial charge in [0.15, 0.2) is 31.4 Å². The Morgan fingerprint density at radius 2 is 1.55 bits per heavy atom. The maximum absolute atomic E-state index is 14.7. The fourth-order valence-corrected chi connectivity index (χ4v) is 14.4. The summed E-state index contributed by atoms with van der Waals surface area (Å²) in [6.45, 7) is 17.0. The van der Waals surface area contributed by atoms with Crippen molar-refractivity contribution < 1.29 is 37.6 Å². The van der Waals surface area contributed by atoms with Crippen LogP contribution in [0.25, 0.3) is 0 Å². The molecule has 1 saturated heterocycles. The van der Waals surface area contributed by atoms with Crippen LogP contribution in [-0.2, 0) is 42.5 Å². The van der Waals surface area contributed by atoms with Crippen LogP contribution in [0.4, 0.5) is 0 Å². The second kappa shape index (κ2) is 16.6. The number of benzene rings is 2. The van der Waals surface area contributed by atoms with Gasteiger partial charge in [0.2, 0.25) is 5.78 Å². The molecule has 2 atom stereocenters. The van der Waals surface area contributed by atoms with E-state index in [1.807, 2.05) is 43.3 Å². The van der Waals surface area contributed by atoms with Gasteiger partial charge in [-0.1, -0.05) is 77.6 Å². The van der Waals surface area contributed by atoms with Crippen LogP contribution in [0.5, 0.6) is 5.75 Å². The monoisotopic (exact) mass is 717 g/mol. The zero-order chi connectivity index (χ0) is 36.9. The number of hydrogen-bond acceptors (Lipinski definition) is 9. The van der Waals surface area contributed by atoms with E-state index in [9.17, 15) is 4.79 Å². The molecule has 5 rings (SSSR count). The largest absolute Gasteiger partial charge is 0.497 e. The van der Waals surface area contributed by atoms with Crippen LogP contribution in [0, 0.1) is 11.8 Å². The zero-order valence-electron chi connectivity index (χ0n) is 32.0. The average molecular weight is 718 g/mol. The Labute approximate surface area is 304 Å². The van der Waals surface area contributed by atoms with Gasteiger partial charge in [-0.15, -0.1) is 0 Å². The first-order valence-corrected chi connectivity index (χ1v) is 20.4. The van der Waals surface area contributed by atoms with Crippen molar-refractivity contribution >= 4 is 19.4 Å². The van der Waals surface area contributed by atoms with E-state index in [4.69, 9.17) is 37.8 Å². The van der Waals surface area contributed by atoms with Gasteiger partial charge in [-0.05, 0) is 58.8 Å². The average Bonchev–Trinajstić information content (AvgIpc) is 3.89. The topological polar surface area (TPSA) is 98.5 Å². The summed E-state index contributed by atoms with van der Waals surface area (Å²) in [5.41, 5.74) is 6.15. The van der Waals surface area contributed by atoms with Crippen LogP contribution in [0.3, 0.4) is 0 Å². The Morgan fingerprint density at radius 1 is 0.902 bits per heavy atom. The first-order valence-electron chi connectivity index (χ1n) is 18.2. The third-order valence-electron chi connectivity index (χ3n) is 10.9. The highest BCUT2D eigenvalue weighted by atomic mass is 28.3. The molecule has 0 N–H and O–H groups in total. The number of ether oxygens (including phenoxy) is 6. The van der Waals surface area contributed by atoms with E-state index in [1.54, 1.807) is 27.5 Å². The number of ketones is 1. The number of methoxy groups -OCH3 is 3. The van der Waals surface area contributed by atoms with Crippen LogP contribution < -0.4 is 10.3 Å². The summed E-state index contributed by atoms with van der Waals surface area (Å²) in [5.74, 6) is 6.48. The van der Waals surface area contributed by atoms with Crippen molar-refractivity contribution in [2.75, 3.05) is 34.5 Å². The maximum atomic E-state index is 14.7. The van der Waals surface area contributed by atoms with Crippen molar-refractivity contribution in [2.24, 2.45) is 0 Å². The second-order valence-electron chi connectivity index (χ2n) is 14.6. The molecule has 1 aromatic heterocycles. The molecule has 3 aromatic rings. The third kappa shape index (κ3) is 7.75. The first-order chi connectivity index (χ1) is 24.4. The Bertz CT molecular complexity index is 1670. The Balaban J connectivity index is 1.52. The van der Waals surface area contributed by atoms with Gasteiger partial charge in [-0.2, -0.15) is 0 Å². The highest BCUT2D eigenvalue weighted by molar-refractivity contribution is 6.93. The van der Waals surface area contributed by atoms with E-state index in [0.29, 0.717) is 61.3 Å². The van der Waals surface area contributed by atoms with E-state index in [0.717, 1.165) is 33.5 Å². The molecule has 1 aliphatic heterocycles. The number of carbonyl (C=O) groups is 1. The van der Waals surface area contributed by atoms with Gasteiger partial charge in [0.05, 0.1) is 33.1 Å². The van der Waals surface area contributed by atoms with Gasteiger partial charge in [0.25, 0.3) is 0 Å². The lowest BCUT2D eigenvalue weighted by molar-refractivity contribution is -0.163. The van der Waals surface area contributed by atoms with Crippen molar-refractivity contribution in [3.8, 4) is 17.6 Å². The number of carbonyl (C=O) groups excluding carboxylic acids is 1. The van der Waals surface area contributed by atoms with Gasteiger partial charge in [-0.3, -0.25) is 4.79 Å². The fraction of sp³-hybridized carbons (Fsp3) is 0.561. The van der Waals surface area contributed by atoms with Gasteiger partial charge in [-0.25, -0.2) is 4.98 Å². The van der Waals surface area contributed by atoms with E-state index in [1.165, 1.54) is 0 Å². The third-order valence-corrected chi connectivity index (χ3v) is 17.6. The molecule has 1 fully saturated rings. The number of nitrogens with zero attached hydrogens (tertiary/aromatic N) is 1. The first kappa shape index (κ1) is 38.9. The zero-order valence-corrected chi connectivity index (χ0v) is 33.0. The highest BCUT2D eigenvalue weighted by Gasteiger charge is 2.50. The summed E-state index contributed by atoms with van der Waals surface area (Å²) in [7, 11) is 2.61. The molecule has 0 amide bonds. The molecule has 0 bridgehead atoms. The molecule has 51 heavy (non-hydrogen) atoms. The molecule has 276 valence electrons. The molecule has 1 aliphatic carbocycles. The Hall–Kier alpha value is -3.30. The van der Waals surface area contributed by atoms with E-state index in [2.05, 4.69) is 53.4 Å². The molecule has 9 nitrogen and oxygen atoms in total. The number of rotatable bonds is 15. The van der Waals surface area contributed by atoms with Crippen LogP contribution in [0.1, 0.15) is 106 Å². The molecule has 2 heterocycles. The lowest BCUT2D eigenvalue weighted by Gasteiger charge is -2.39. The van der Waals surface area contributed by atoms with Gasteiger partial charge in [0.1, 0.15) is 11.9 Å². The SMILES string of the molecule is COc1ccc(COC(C#CC(C)c2ccc3c(c2C(=O)c2cnc([Si](C(C)C)(C(C)C)C(C)C)o2)CCC32OCCO2)CC(OC)OC)cc1. The molecule has 2 unspecified atom stereocenters. The fourth-order valence-electron chi connectivity index (χ4n) is 8.38. The van der Waals surface area contributed by atoms with Crippen molar-refractivity contribution in [1.82, 2.24) is 4.98 Å².